The van der Waals surface area contributed by atoms with Crippen molar-refractivity contribution in [1.82, 2.24) is 0 Å². The summed E-state index contributed by atoms with van der Waals surface area (Å²) in [6.45, 7) is 9.69. The molecule has 0 fully saturated rings. The van der Waals surface area contributed by atoms with E-state index in [-0.39, 0.29) is 0 Å². The summed E-state index contributed by atoms with van der Waals surface area (Å²) in [6, 6.07) is 8.18. The molecule has 92 valence electrons. The normalized spacial score (nSPS) is 10.2. The fourth-order valence-electron chi connectivity index (χ4n) is 1.25. The van der Waals surface area contributed by atoms with Gasteiger partial charge < -0.3 is 9.47 Å². The molecule has 1 aromatic carbocycles. The van der Waals surface area contributed by atoms with Crippen molar-refractivity contribution in [3.05, 3.63) is 58.2 Å². The Hall–Kier alpha value is -0.650. The Kier molecular flexibility index (Phi) is 7.16. The van der Waals surface area contributed by atoms with Crippen molar-refractivity contribution in [2.45, 2.75) is 6.61 Å². The number of ether oxygens (including phenoxy) is 2. The highest BCUT2D eigenvalue weighted by Gasteiger charge is 1.99. The molecule has 0 spiro atoms. The molecule has 1 rings (SSSR count). The van der Waals surface area contributed by atoms with Crippen LogP contribution in [0.4, 0.5) is 0 Å². The van der Waals surface area contributed by atoms with E-state index in [0.29, 0.717) is 26.4 Å². The Morgan fingerprint density at radius 1 is 1.24 bits per heavy atom. The molecule has 3 heteroatoms. The molecular weight excluding hydrogens is 327 g/mol. The maximum Gasteiger partial charge on any atom is 0.0731 e. The van der Waals surface area contributed by atoms with Crippen LogP contribution < -0.4 is 0 Å². The molecule has 0 N–H and O–H groups in total. The molecule has 0 aliphatic carbocycles. The average molecular weight is 344 g/mol. The van der Waals surface area contributed by atoms with E-state index in [1.165, 1.54) is 9.13 Å². The third kappa shape index (κ3) is 6.00. The molecule has 1 aromatic rings. The second-order valence-electron chi connectivity index (χ2n) is 3.64. The summed E-state index contributed by atoms with van der Waals surface area (Å²) in [5.74, 6) is 0. The average Bonchev–Trinajstić information content (AvgIpc) is 2.32. The third-order valence-corrected chi connectivity index (χ3v) is 3.12. The highest BCUT2D eigenvalue weighted by Crippen LogP contribution is 2.12. The topological polar surface area (TPSA) is 18.5 Å². The monoisotopic (exact) mass is 344 g/mol. The third-order valence-electron chi connectivity index (χ3n) is 2.06. The van der Waals surface area contributed by atoms with Gasteiger partial charge in [-0.2, -0.15) is 0 Å². The van der Waals surface area contributed by atoms with Gasteiger partial charge in [-0.25, -0.2) is 0 Å². The van der Waals surface area contributed by atoms with Gasteiger partial charge in [0.15, 0.2) is 0 Å². The molecule has 0 aromatic heterocycles. The van der Waals surface area contributed by atoms with Gasteiger partial charge in [-0.15, -0.1) is 6.58 Å². The second-order valence-corrected chi connectivity index (χ2v) is 4.80. The zero-order valence-electron chi connectivity index (χ0n) is 9.82. The molecule has 0 bridgehead atoms. The SMILES string of the molecule is C=CCOCC(=C)COCc1ccccc1I. The molecule has 0 atom stereocenters. The van der Waals surface area contributed by atoms with Gasteiger partial charge in [-0.3, -0.25) is 0 Å². The number of benzene rings is 1. The molecule has 0 saturated carbocycles. The van der Waals surface area contributed by atoms with Gasteiger partial charge in [0, 0.05) is 3.57 Å². The van der Waals surface area contributed by atoms with E-state index in [0.717, 1.165) is 5.57 Å². The summed E-state index contributed by atoms with van der Waals surface area (Å²) in [6.07, 6.45) is 1.72. The molecule has 0 aliphatic heterocycles. The lowest BCUT2D eigenvalue weighted by Crippen LogP contribution is -2.05. The summed E-state index contributed by atoms with van der Waals surface area (Å²) < 4.78 is 12.1. The molecule has 17 heavy (non-hydrogen) atoms. The quantitative estimate of drug-likeness (QED) is 0.408. The number of halogens is 1. The van der Waals surface area contributed by atoms with E-state index in [1.54, 1.807) is 6.08 Å². The van der Waals surface area contributed by atoms with E-state index >= 15 is 0 Å². The first kappa shape index (κ1) is 14.4. The Bertz CT molecular complexity index is 374. The van der Waals surface area contributed by atoms with E-state index in [9.17, 15) is 0 Å². The van der Waals surface area contributed by atoms with Crippen molar-refractivity contribution in [3.63, 3.8) is 0 Å². The summed E-state index contributed by atoms with van der Waals surface area (Å²) in [5, 5.41) is 0. The standard InChI is InChI=1S/C14H17IO2/c1-3-8-16-9-12(2)10-17-11-13-6-4-5-7-14(13)15/h3-7H,1-2,8-11H2. The Labute approximate surface area is 116 Å². The predicted molar refractivity (Wildman–Crippen MR) is 79.0 cm³/mol. The molecular formula is C14H17IO2. The van der Waals surface area contributed by atoms with E-state index in [4.69, 9.17) is 9.47 Å². The van der Waals surface area contributed by atoms with Crippen LogP contribution in [0.3, 0.4) is 0 Å². The highest BCUT2D eigenvalue weighted by molar-refractivity contribution is 14.1. The van der Waals surface area contributed by atoms with Crippen LogP contribution in [0.25, 0.3) is 0 Å². The van der Waals surface area contributed by atoms with Gasteiger partial charge in [-0.05, 0) is 39.8 Å². The van der Waals surface area contributed by atoms with Crippen molar-refractivity contribution in [2.24, 2.45) is 0 Å². The summed E-state index contributed by atoms with van der Waals surface area (Å²) in [4.78, 5) is 0. The van der Waals surface area contributed by atoms with Gasteiger partial charge in [0.1, 0.15) is 0 Å². The molecule has 0 saturated heterocycles. The maximum absolute atomic E-state index is 5.58. The minimum atomic E-state index is 0.526. The lowest BCUT2D eigenvalue weighted by molar-refractivity contribution is 0.120. The van der Waals surface area contributed by atoms with Crippen molar-refractivity contribution in [2.75, 3.05) is 19.8 Å². The Balaban J connectivity index is 2.21. The van der Waals surface area contributed by atoms with Crippen LogP contribution >= 0.6 is 22.6 Å². The lowest BCUT2D eigenvalue weighted by Gasteiger charge is -2.08. The van der Waals surface area contributed by atoms with E-state index < -0.39 is 0 Å². The number of rotatable bonds is 8. The maximum atomic E-state index is 5.58. The minimum Gasteiger partial charge on any atom is -0.373 e. The van der Waals surface area contributed by atoms with Crippen LogP contribution in [0.15, 0.2) is 49.1 Å². The number of hydrogen-bond acceptors (Lipinski definition) is 2. The van der Waals surface area contributed by atoms with Crippen LogP contribution in [0, 0.1) is 3.57 Å². The van der Waals surface area contributed by atoms with Crippen LogP contribution in [0.2, 0.25) is 0 Å². The fraction of sp³-hybridized carbons (Fsp3) is 0.286. The first-order valence-electron chi connectivity index (χ1n) is 5.40. The Morgan fingerprint density at radius 2 is 1.94 bits per heavy atom. The van der Waals surface area contributed by atoms with Gasteiger partial charge >= 0.3 is 0 Å². The predicted octanol–water partition coefficient (Wildman–Crippen LogP) is 3.57. The van der Waals surface area contributed by atoms with Crippen molar-refractivity contribution in [3.8, 4) is 0 Å². The van der Waals surface area contributed by atoms with Crippen LogP contribution in [0.1, 0.15) is 5.56 Å². The van der Waals surface area contributed by atoms with Gasteiger partial charge in [-0.1, -0.05) is 30.9 Å². The Morgan fingerprint density at radius 3 is 2.65 bits per heavy atom. The van der Waals surface area contributed by atoms with Crippen molar-refractivity contribution in [1.29, 1.82) is 0 Å². The molecule has 0 radical (unpaired) electrons. The summed E-state index contributed by atoms with van der Waals surface area (Å²) in [5.41, 5.74) is 2.14. The van der Waals surface area contributed by atoms with Gasteiger partial charge in [0.2, 0.25) is 0 Å². The zero-order chi connectivity index (χ0) is 12.5. The molecule has 0 unspecified atom stereocenters. The van der Waals surface area contributed by atoms with E-state index in [2.05, 4.69) is 47.9 Å². The fourth-order valence-corrected chi connectivity index (χ4v) is 1.79. The highest BCUT2D eigenvalue weighted by atomic mass is 127. The van der Waals surface area contributed by atoms with Gasteiger partial charge in [0.05, 0.1) is 26.4 Å². The van der Waals surface area contributed by atoms with Crippen LogP contribution in [0.5, 0.6) is 0 Å². The first-order chi connectivity index (χ1) is 8.24. The second kappa shape index (κ2) is 8.44. The number of hydrogen-bond donors (Lipinski definition) is 0. The zero-order valence-corrected chi connectivity index (χ0v) is 12.0. The summed E-state index contributed by atoms with van der Waals surface area (Å²) in [7, 11) is 0. The van der Waals surface area contributed by atoms with Gasteiger partial charge in [0.25, 0.3) is 0 Å². The van der Waals surface area contributed by atoms with Crippen molar-refractivity contribution < 1.29 is 9.47 Å². The van der Waals surface area contributed by atoms with E-state index in [1.807, 2.05) is 12.1 Å². The molecule has 2 nitrogen and oxygen atoms in total. The minimum absolute atomic E-state index is 0.526. The first-order valence-corrected chi connectivity index (χ1v) is 6.48. The van der Waals surface area contributed by atoms with Crippen molar-refractivity contribution >= 4 is 22.6 Å². The van der Waals surface area contributed by atoms with Crippen LogP contribution in [-0.4, -0.2) is 19.8 Å². The smallest absolute Gasteiger partial charge is 0.0731 e. The lowest BCUT2D eigenvalue weighted by atomic mass is 10.2. The molecule has 0 aliphatic rings. The molecule has 0 amide bonds. The van der Waals surface area contributed by atoms with Crippen LogP contribution in [-0.2, 0) is 16.1 Å². The summed E-state index contributed by atoms with van der Waals surface area (Å²) >= 11 is 2.31. The molecule has 0 heterocycles. The largest absolute Gasteiger partial charge is 0.373 e.